The molecule has 1 unspecified atom stereocenters. The summed E-state index contributed by atoms with van der Waals surface area (Å²) >= 11 is 0. The fraction of sp³-hybridized carbons (Fsp3) is 0.400. The van der Waals surface area contributed by atoms with Crippen molar-refractivity contribution in [2.24, 2.45) is 13.0 Å². The van der Waals surface area contributed by atoms with Gasteiger partial charge in [0.05, 0.1) is 11.6 Å². The molecule has 1 atom stereocenters. The van der Waals surface area contributed by atoms with Crippen LogP contribution in [-0.2, 0) is 24.8 Å². The molecule has 2 N–H and O–H groups in total. The number of para-hydroxylation sites is 1. The minimum atomic E-state index is 0.0891. The number of aromatic amines is 1. The number of rotatable bonds is 6. The van der Waals surface area contributed by atoms with E-state index in [4.69, 9.17) is 0 Å². The Bertz CT molecular complexity index is 896. The molecule has 0 spiro atoms. The molecule has 26 heavy (non-hydrogen) atoms. The zero-order valence-electron chi connectivity index (χ0n) is 15.1. The van der Waals surface area contributed by atoms with Crippen LogP contribution >= 0.6 is 0 Å². The number of H-pyrrole nitrogens is 1. The van der Waals surface area contributed by atoms with Crippen LogP contribution in [0.25, 0.3) is 10.9 Å². The number of hydrogen-bond acceptors (Lipinski definition) is 3. The third-order valence-electron chi connectivity index (χ3n) is 5.32. The van der Waals surface area contributed by atoms with Gasteiger partial charge in [0.15, 0.2) is 0 Å². The monoisotopic (exact) mass is 351 g/mol. The maximum atomic E-state index is 12.5. The zero-order chi connectivity index (χ0) is 17.9. The van der Waals surface area contributed by atoms with E-state index in [0.29, 0.717) is 6.54 Å². The summed E-state index contributed by atoms with van der Waals surface area (Å²) < 4.78 is 1.90. The van der Waals surface area contributed by atoms with Gasteiger partial charge in [0.2, 0.25) is 5.91 Å². The Labute approximate surface area is 153 Å². The molecule has 6 heteroatoms. The lowest BCUT2D eigenvalue weighted by Crippen LogP contribution is -2.34. The highest BCUT2D eigenvalue weighted by molar-refractivity contribution is 5.83. The van der Waals surface area contributed by atoms with Gasteiger partial charge in [-0.2, -0.15) is 5.10 Å². The Balaban J connectivity index is 1.26. The van der Waals surface area contributed by atoms with Crippen LogP contribution < -0.4 is 5.32 Å². The van der Waals surface area contributed by atoms with Crippen LogP contribution in [0.4, 0.5) is 0 Å². The van der Waals surface area contributed by atoms with Crippen molar-refractivity contribution in [2.45, 2.75) is 19.4 Å². The number of benzene rings is 1. The lowest BCUT2D eigenvalue weighted by molar-refractivity contribution is -0.124. The van der Waals surface area contributed by atoms with E-state index in [1.54, 1.807) is 0 Å². The molecule has 1 aliphatic rings. The van der Waals surface area contributed by atoms with Crippen LogP contribution in [0.2, 0.25) is 0 Å². The summed E-state index contributed by atoms with van der Waals surface area (Å²) in [6, 6.07) is 10.3. The van der Waals surface area contributed by atoms with Gasteiger partial charge >= 0.3 is 0 Å². The van der Waals surface area contributed by atoms with Crippen LogP contribution in [-0.4, -0.2) is 45.2 Å². The van der Waals surface area contributed by atoms with Gasteiger partial charge < -0.3 is 10.3 Å². The first-order valence-electron chi connectivity index (χ1n) is 9.22. The van der Waals surface area contributed by atoms with Gasteiger partial charge in [0.1, 0.15) is 0 Å². The fourth-order valence-corrected chi connectivity index (χ4v) is 3.78. The zero-order valence-corrected chi connectivity index (χ0v) is 15.1. The number of nitrogens with one attached hydrogen (secondary N) is 2. The predicted molar refractivity (Wildman–Crippen MR) is 102 cm³/mol. The molecular weight excluding hydrogens is 326 g/mol. The van der Waals surface area contributed by atoms with Crippen LogP contribution in [0.15, 0.2) is 42.7 Å². The summed E-state index contributed by atoms with van der Waals surface area (Å²) in [6.45, 7) is 3.32. The van der Waals surface area contributed by atoms with Gasteiger partial charge in [-0.05, 0) is 37.1 Å². The average molecular weight is 351 g/mol. The van der Waals surface area contributed by atoms with Crippen LogP contribution in [0, 0.1) is 5.92 Å². The van der Waals surface area contributed by atoms with Crippen molar-refractivity contribution in [1.29, 1.82) is 0 Å². The molecule has 3 aromatic rings. The number of nitrogens with zero attached hydrogens (tertiary/aromatic N) is 3. The van der Waals surface area contributed by atoms with E-state index in [9.17, 15) is 4.79 Å². The predicted octanol–water partition coefficient (Wildman–Crippen LogP) is 2.08. The molecule has 1 aliphatic heterocycles. The number of carbonyl (C=O) groups excluding carboxylic acids is 1. The lowest BCUT2D eigenvalue weighted by Gasteiger charge is -2.16. The Kier molecular flexibility index (Phi) is 4.75. The summed E-state index contributed by atoms with van der Waals surface area (Å²) in [5.41, 5.74) is 3.59. The molecule has 1 fully saturated rings. The summed E-state index contributed by atoms with van der Waals surface area (Å²) in [5, 5.41) is 8.57. The second-order valence-corrected chi connectivity index (χ2v) is 7.07. The Morgan fingerprint density at radius 2 is 2.23 bits per heavy atom. The molecule has 136 valence electrons. The Morgan fingerprint density at radius 1 is 1.35 bits per heavy atom. The number of aryl methyl sites for hydroxylation is 1. The molecule has 6 nitrogen and oxygen atoms in total. The standard InChI is InChI=1S/C20H25N5O/c1-24-17(7-10-23-24)14-25-11-8-16(13-25)20(26)21-9-6-15-12-22-19-5-3-2-4-18(15)19/h2-5,7,10,12,16,22H,6,8-9,11,13-14H2,1H3,(H,21,26). The third-order valence-corrected chi connectivity index (χ3v) is 5.32. The highest BCUT2D eigenvalue weighted by atomic mass is 16.1. The minimum Gasteiger partial charge on any atom is -0.361 e. The SMILES string of the molecule is Cn1nccc1CN1CCC(C(=O)NCCc2c[nH]c3ccccc23)C1. The molecule has 1 amide bonds. The number of carbonyl (C=O) groups is 1. The summed E-state index contributed by atoms with van der Waals surface area (Å²) in [7, 11) is 1.96. The van der Waals surface area contributed by atoms with Crippen molar-refractivity contribution in [1.82, 2.24) is 25.0 Å². The van der Waals surface area contributed by atoms with E-state index in [1.165, 1.54) is 16.6 Å². The summed E-state index contributed by atoms with van der Waals surface area (Å²) in [4.78, 5) is 18.1. The molecule has 0 radical (unpaired) electrons. The third kappa shape index (κ3) is 3.51. The molecule has 4 rings (SSSR count). The van der Waals surface area contributed by atoms with Gasteiger partial charge in [0, 0.05) is 50.0 Å². The van der Waals surface area contributed by atoms with Crippen molar-refractivity contribution >= 4 is 16.8 Å². The Hall–Kier alpha value is -2.60. The second kappa shape index (κ2) is 7.33. The lowest BCUT2D eigenvalue weighted by atomic mass is 10.1. The number of fused-ring (bicyclic) bond motifs is 1. The molecule has 0 bridgehead atoms. The van der Waals surface area contributed by atoms with Gasteiger partial charge in [-0.3, -0.25) is 14.4 Å². The molecule has 3 heterocycles. The van der Waals surface area contributed by atoms with Gasteiger partial charge in [-0.15, -0.1) is 0 Å². The van der Waals surface area contributed by atoms with Crippen molar-refractivity contribution in [3.05, 3.63) is 54.0 Å². The summed E-state index contributed by atoms with van der Waals surface area (Å²) in [6.07, 6.45) is 5.64. The van der Waals surface area contributed by atoms with Crippen molar-refractivity contribution in [3.8, 4) is 0 Å². The first kappa shape index (κ1) is 16.8. The topological polar surface area (TPSA) is 66.0 Å². The minimum absolute atomic E-state index is 0.0891. The number of amides is 1. The normalized spacial score (nSPS) is 17.8. The van der Waals surface area contributed by atoms with E-state index < -0.39 is 0 Å². The highest BCUT2D eigenvalue weighted by Crippen LogP contribution is 2.20. The molecule has 1 aromatic carbocycles. The van der Waals surface area contributed by atoms with Crippen molar-refractivity contribution in [2.75, 3.05) is 19.6 Å². The number of aromatic nitrogens is 3. The Morgan fingerprint density at radius 3 is 3.08 bits per heavy atom. The van der Waals surface area contributed by atoms with Gasteiger partial charge in [-0.25, -0.2) is 0 Å². The first-order chi connectivity index (χ1) is 12.7. The quantitative estimate of drug-likeness (QED) is 0.715. The van der Waals surface area contributed by atoms with Crippen LogP contribution in [0.5, 0.6) is 0 Å². The smallest absolute Gasteiger partial charge is 0.224 e. The maximum absolute atomic E-state index is 12.5. The number of likely N-dealkylation sites (tertiary alicyclic amines) is 1. The first-order valence-corrected chi connectivity index (χ1v) is 9.22. The molecule has 0 aliphatic carbocycles. The van der Waals surface area contributed by atoms with E-state index in [1.807, 2.05) is 42.3 Å². The fourth-order valence-electron chi connectivity index (χ4n) is 3.78. The summed E-state index contributed by atoms with van der Waals surface area (Å²) in [5.74, 6) is 0.267. The van der Waals surface area contributed by atoms with Gasteiger partial charge in [-0.1, -0.05) is 18.2 Å². The molecule has 0 saturated carbocycles. The van der Waals surface area contributed by atoms with E-state index >= 15 is 0 Å². The molecule has 1 saturated heterocycles. The maximum Gasteiger partial charge on any atom is 0.224 e. The van der Waals surface area contributed by atoms with Crippen molar-refractivity contribution < 1.29 is 4.79 Å². The molecular formula is C20H25N5O. The second-order valence-electron chi connectivity index (χ2n) is 7.07. The highest BCUT2D eigenvalue weighted by Gasteiger charge is 2.28. The van der Waals surface area contributed by atoms with Crippen molar-refractivity contribution in [3.63, 3.8) is 0 Å². The van der Waals surface area contributed by atoms with E-state index in [-0.39, 0.29) is 11.8 Å². The average Bonchev–Trinajstić information content (AvgIpc) is 3.37. The van der Waals surface area contributed by atoms with Crippen LogP contribution in [0.3, 0.4) is 0 Å². The van der Waals surface area contributed by atoms with E-state index in [0.717, 1.165) is 38.0 Å². The molecule has 2 aromatic heterocycles. The van der Waals surface area contributed by atoms with Gasteiger partial charge in [0.25, 0.3) is 0 Å². The number of hydrogen-bond donors (Lipinski definition) is 2. The van der Waals surface area contributed by atoms with Crippen LogP contribution in [0.1, 0.15) is 17.7 Å². The van der Waals surface area contributed by atoms with E-state index in [2.05, 4.69) is 32.4 Å². The largest absolute Gasteiger partial charge is 0.361 e.